The number of furan rings is 1. The smallest absolute Gasteiger partial charge is 0.223 e. The van der Waals surface area contributed by atoms with Crippen molar-refractivity contribution in [1.29, 1.82) is 0 Å². The van der Waals surface area contributed by atoms with Crippen LogP contribution in [0.1, 0.15) is 11.5 Å². The van der Waals surface area contributed by atoms with Crippen LogP contribution in [0.15, 0.2) is 39.9 Å². The Balaban J connectivity index is 1.82. The number of piperazine rings is 1. The highest BCUT2D eigenvalue weighted by Gasteiger charge is 2.16. The quantitative estimate of drug-likeness (QED) is 0.911. The number of hydrogen-bond acceptors (Lipinski definition) is 5. The van der Waals surface area contributed by atoms with Crippen LogP contribution in [-0.2, 0) is 13.1 Å². The molecule has 0 atom stereocenters. The number of nitrogens with zero attached hydrogens (tertiary/aromatic N) is 3. The second-order valence-electron chi connectivity index (χ2n) is 5.80. The number of aromatic nitrogens is 1. The second kappa shape index (κ2) is 6.37. The monoisotopic (exact) mass is 303 g/mol. The minimum absolute atomic E-state index is 0.228. The minimum Gasteiger partial charge on any atom is -0.503 e. The van der Waals surface area contributed by atoms with Gasteiger partial charge < -0.3 is 19.0 Å². The molecule has 0 bridgehead atoms. The first kappa shape index (κ1) is 14.9. The zero-order valence-electron chi connectivity index (χ0n) is 12.7. The molecule has 1 saturated heterocycles. The molecule has 1 N–H and O–H groups in total. The first-order chi connectivity index (χ1) is 10.6. The zero-order valence-corrected chi connectivity index (χ0v) is 12.7. The number of hydrogen-bond donors (Lipinski definition) is 1. The van der Waals surface area contributed by atoms with Gasteiger partial charge in [-0.15, -0.1) is 0 Å². The van der Waals surface area contributed by atoms with Gasteiger partial charge in [-0.2, -0.15) is 0 Å². The van der Waals surface area contributed by atoms with Crippen molar-refractivity contribution in [1.82, 2.24) is 14.4 Å². The van der Waals surface area contributed by atoms with E-state index in [2.05, 4.69) is 16.8 Å². The van der Waals surface area contributed by atoms with Crippen LogP contribution in [0.4, 0.5) is 0 Å². The van der Waals surface area contributed by atoms with E-state index in [-0.39, 0.29) is 11.2 Å². The summed E-state index contributed by atoms with van der Waals surface area (Å²) in [5.74, 6) is 0.566. The minimum atomic E-state index is -0.333. The van der Waals surface area contributed by atoms with Gasteiger partial charge in [0.05, 0.1) is 19.0 Å². The summed E-state index contributed by atoms with van der Waals surface area (Å²) in [6, 6.07) is 5.24. The number of aromatic hydroxyl groups is 1. The Labute approximate surface area is 129 Å². The zero-order chi connectivity index (χ0) is 15.5. The molecule has 3 heterocycles. The third-order valence-electron chi connectivity index (χ3n) is 4.08. The third kappa shape index (κ3) is 3.40. The third-order valence-corrected chi connectivity index (χ3v) is 4.08. The molecule has 2 aromatic rings. The lowest BCUT2D eigenvalue weighted by Gasteiger charge is -2.32. The number of rotatable bonds is 4. The van der Waals surface area contributed by atoms with Gasteiger partial charge in [0, 0.05) is 44.5 Å². The van der Waals surface area contributed by atoms with Gasteiger partial charge in [-0.3, -0.25) is 9.69 Å². The van der Waals surface area contributed by atoms with Gasteiger partial charge in [-0.1, -0.05) is 0 Å². The van der Waals surface area contributed by atoms with E-state index in [1.54, 1.807) is 6.26 Å². The van der Waals surface area contributed by atoms with Crippen molar-refractivity contribution in [3.8, 4) is 5.75 Å². The van der Waals surface area contributed by atoms with Crippen molar-refractivity contribution in [3.63, 3.8) is 0 Å². The first-order valence-electron chi connectivity index (χ1n) is 7.47. The van der Waals surface area contributed by atoms with Crippen LogP contribution >= 0.6 is 0 Å². The van der Waals surface area contributed by atoms with E-state index in [0.717, 1.165) is 37.6 Å². The second-order valence-corrected chi connectivity index (χ2v) is 5.80. The lowest BCUT2D eigenvalue weighted by molar-refractivity contribution is 0.145. The van der Waals surface area contributed by atoms with Crippen LogP contribution < -0.4 is 5.43 Å². The van der Waals surface area contributed by atoms with Crippen molar-refractivity contribution in [2.45, 2.75) is 13.1 Å². The van der Waals surface area contributed by atoms with Gasteiger partial charge in [-0.05, 0) is 19.2 Å². The molecule has 1 fully saturated rings. The Morgan fingerprint density at radius 2 is 2.00 bits per heavy atom. The molecule has 6 heteroatoms. The fourth-order valence-electron chi connectivity index (χ4n) is 2.69. The maximum absolute atomic E-state index is 11.8. The van der Waals surface area contributed by atoms with Crippen LogP contribution in [0.25, 0.3) is 0 Å². The van der Waals surface area contributed by atoms with Crippen LogP contribution in [0.2, 0.25) is 0 Å². The molecule has 1 aliphatic rings. The topological polar surface area (TPSA) is 61.9 Å². The Bertz CT molecular complexity index is 670. The normalized spacial score (nSPS) is 17.0. The fourth-order valence-corrected chi connectivity index (χ4v) is 2.69. The maximum atomic E-state index is 11.8. The summed E-state index contributed by atoms with van der Waals surface area (Å²) in [6.07, 6.45) is 3.12. The Morgan fingerprint density at radius 3 is 2.68 bits per heavy atom. The summed E-state index contributed by atoms with van der Waals surface area (Å²) in [5, 5.41) is 9.71. The number of likely N-dealkylation sites (N-methyl/N-ethyl adjacent to an activating group) is 1. The molecule has 0 spiro atoms. The van der Waals surface area contributed by atoms with Gasteiger partial charge in [0.1, 0.15) is 5.76 Å². The van der Waals surface area contributed by atoms with Crippen LogP contribution in [0.3, 0.4) is 0 Å². The van der Waals surface area contributed by atoms with Crippen molar-refractivity contribution in [2.24, 2.45) is 0 Å². The highest BCUT2D eigenvalue weighted by molar-refractivity contribution is 5.21. The van der Waals surface area contributed by atoms with E-state index in [1.165, 1.54) is 12.3 Å². The van der Waals surface area contributed by atoms with Gasteiger partial charge in [-0.25, -0.2) is 0 Å². The molecule has 0 saturated carbocycles. The average Bonchev–Trinajstić information content (AvgIpc) is 2.99. The standard InChI is InChI=1S/C16H21N3O3/c1-17-4-6-18(7-5-17)10-13-9-15(20)16(21)12-19(13)11-14-3-2-8-22-14/h2-3,8-9,12,21H,4-7,10-11H2,1H3. The molecule has 2 aromatic heterocycles. The molecule has 0 amide bonds. The largest absolute Gasteiger partial charge is 0.503 e. The van der Waals surface area contributed by atoms with Crippen LogP contribution in [0.5, 0.6) is 5.75 Å². The molecule has 0 aromatic carbocycles. The van der Waals surface area contributed by atoms with E-state index in [4.69, 9.17) is 4.42 Å². The van der Waals surface area contributed by atoms with E-state index in [9.17, 15) is 9.90 Å². The molecule has 22 heavy (non-hydrogen) atoms. The van der Waals surface area contributed by atoms with Crippen molar-refractivity contribution in [3.05, 3.63) is 52.3 Å². The van der Waals surface area contributed by atoms with E-state index in [0.29, 0.717) is 13.1 Å². The van der Waals surface area contributed by atoms with Gasteiger partial charge in [0.15, 0.2) is 5.75 Å². The summed E-state index contributed by atoms with van der Waals surface area (Å²) in [7, 11) is 2.12. The molecule has 0 aliphatic carbocycles. The highest BCUT2D eigenvalue weighted by atomic mass is 16.3. The van der Waals surface area contributed by atoms with Gasteiger partial charge in [0.2, 0.25) is 5.43 Å². The average molecular weight is 303 g/mol. The summed E-state index contributed by atoms with van der Waals surface area (Å²) in [4.78, 5) is 16.4. The lowest BCUT2D eigenvalue weighted by Crippen LogP contribution is -2.44. The van der Waals surface area contributed by atoms with Crippen LogP contribution in [-0.4, -0.2) is 52.7 Å². The molecule has 3 rings (SSSR count). The summed E-state index contributed by atoms with van der Waals surface area (Å²) in [5.41, 5.74) is 0.559. The van der Waals surface area contributed by atoms with E-state index < -0.39 is 0 Å². The molecular weight excluding hydrogens is 282 g/mol. The summed E-state index contributed by atoms with van der Waals surface area (Å²) >= 11 is 0. The Kier molecular flexibility index (Phi) is 4.31. The van der Waals surface area contributed by atoms with Crippen molar-refractivity contribution >= 4 is 0 Å². The van der Waals surface area contributed by atoms with Gasteiger partial charge >= 0.3 is 0 Å². The molecular formula is C16H21N3O3. The summed E-state index contributed by atoms with van der Waals surface area (Å²) < 4.78 is 7.25. The van der Waals surface area contributed by atoms with Crippen molar-refractivity contribution < 1.29 is 9.52 Å². The van der Waals surface area contributed by atoms with E-state index in [1.807, 2.05) is 16.7 Å². The maximum Gasteiger partial charge on any atom is 0.223 e. The van der Waals surface area contributed by atoms with Gasteiger partial charge in [0.25, 0.3) is 0 Å². The predicted molar refractivity (Wildman–Crippen MR) is 83.0 cm³/mol. The highest BCUT2D eigenvalue weighted by Crippen LogP contribution is 2.13. The Hall–Kier alpha value is -2.05. The Morgan fingerprint density at radius 1 is 1.23 bits per heavy atom. The number of pyridine rings is 1. The van der Waals surface area contributed by atoms with Crippen LogP contribution in [0, 0.1) is 0 Å². The molecule has 1 aliphatic heterocycles. The SMILES string of the molecule is CN1CCN(Cc2cc(=O)c(O)cn2Cc2ccco2)CC1. The lowest BCUT2D eigenvalue weighted by atomic mass is 10.2. The summed E-state index contributed by atoms with van der Waals surface area (Å²) in [6.45, 7) is 5.22. The molecule has 6 nitrogen and oxygen atoms in total. The molecule has 0 radical (unpaired) electrons. The predicted octanol–water partition coefficient (Wildman–Crippen LogP) is 0.943. The first-order valence-corrected chi connectivity index (χ1v) is 7.47. The molecule has 0 unspecified atom stereocenters. The van der Waals surface area contributed by atoms with Crippen molar-refractivity contribution in [2.75, 3.05) is 33.2 Å². The fraction of sp³-hybridized carbons (Fsp3) is 0.438. The molecule has 118 valence electrons. The van der Waals surface area contributed by atoms with E-state index >= 15 is 0 Å².